The predicted octanol–water partition coefficient (Wildman–Crippen LogP) is 5.72. The van der Waals surface area contributed by atoms with Crippen molar-refractivity contribution in [3.8, 4) is 11.1 Å². The summed E-state index contributed by atoms with van der Waals surface area (Å²) in [7, 11) is -2.35. The van der Waals surface area contributed by atoms with E-state index < -0.39 is 26.1 Å². The van der Waals surface area contributed by atoms with Gasteiger partial charge in [-0.3, -0.25) is 4.79 Å². The second kappa shape index (κ2) is 7.06. The molecule has 0 spiro atoms. The summed E-state index contributed by atoms with van der Waals surface area (Å²) < 4.78 is 38.9. The van der Waals surface area contributed by atoms with Crippen LogP contribution in [0.1, 0.15) is 44.4 Å². The predicted molar refractivity (Wildman–Crippen MR) is 133 cm³/mol. The molecule has 3 heterocycles. The van der Waals surface area contributed by atoms with Gasteiger partial charge in [0, 0.05) is 39.0 Å². The number of amides is 1. The van der Waals surface area contributed by atoms with E-state index in [4.69, 9.17) is 20.7 Å². The number of nitrogens with zero attached hydrogens (tertiary/aromatic N) is 3. The van der Waals surface area contributed by atoms with E-state index in [1.54, 1.807) is 31.5 Å². The Bertz CT molecular complexity index is 1610. The van der Waals surface area contributed by atoms with E-state index in [0.29, 0.717) is 28.4 Å². The summed E-state index contributed by atoms with van der Waals surface area (Å²) in [4.78, 5) is 19.2. The van der Waals surface area contributed by atoms with Crippen LogP contribution in [0.2, 0.25) is 5.02 Å². The van der Waals surface area contributed by atoms with Gasteiger partial charge >= 0.3 is 0 Å². The lowest BCUT2D eigenvalue weighted by Gasteiger charge is -2.24. The Labute approximate surface area is 201 Å². The topological polar surface area (TPSA) is 55.2 Å². The van der Waals surface area contributed by atoms with Crippen molar-refractivity contribution < 1.29 is 13.5 Å². The van der Waals surface area contributed by atoms with E-state index in [-0.39, 0.29) is 6.04 Å². The van der Waals surface area contributed by atoms with Crippen LogP contribution in [0.4, 0.5) is 0 Å². The second-order valence-corrected chi connectivity index (χ2v) is 12.7. The number of halogens is 1. The molecule has 33 heavy (non-hydrogen) atoms. The number of hydrogen-bond donors (Lipinski definition) is 0. The van der Waals surface area contributed by atoms with Gasteiger partial charge in [-0.2, -0.15) is 0 Å². The van der Waals surface area contributed by atoms with Gasteiger partial charge in [-0.15, -0.1) is 0 Å². The molecule has 7 heteroatoms. The molecule has 0 aliphatic carbocycles. The minimum absolute atomic E-state index is 0.314. The van der Waals surface area contributed by atoms with Crippen LogP contribution in [-0.2, 0) is 4.57 Å². The molecule has 0 N–H and O–H groups in total. The van der Waals surface area contributed by atoms with E-state index in [2.05, 4.69) is 0 Å². The monoisotopic (exact) mass is 478 g/mol. The molecule has 1 aromatic heterocycles. The third-order valence-corrected chi connectivity index (χ3v) is 8.61. The van der Waals surface area contributed by atoms with Crippen LogP contribution >= 0.6 is 18.7 Å². The van der Waals surface area contributed by atoms with Gasteiger partial charge < -0.3 is 14.0 Å². The molecule has 3 aromatic carbocycles. The summed E-state index contributed by atoms with van der Waals surface area (Å²) in [5.41, 5.74) is 4.45. The first-order valence-corrected chi connectivity index (χ1v) is 13.7. The highest BCUT2D eigenvalue weighted by Gasteiger charge is 2.44. The smallest absolute Gasteiger partial charge is 0.254 e. The number of fused-ring (bicyclic) bond motifs is 9. The Morgan fingerprint density at radius 3 is 2.55 bits per heavy atom. The Balaban J connectivity index is 1.56. The van der Waals surface area contributed by atoms with Crippen LogP contribution in [0, 0.1) is 0 Å². The van der Waals surface area contributed by atoms with Gasteiger partial charge in [0.05, 0.1) is 23.1 Å². The highest BCUT2D eigenvalue weighted by molar-refractivity contribution is 7.70. The fraction of sp³-hybridized carbons (Fsp3) is 0.231. The van der Waals surface area contributed by atoms with Crippen molar-refractivity contribution in [3.05, 3.63) is 82.6 Å². The van der Waals surface area contributed by atoms with E-state index >= 15 is 0 Å². The van der Waals surface area contributed by atoms with Crippen molar-refractivity contribution in [2.24, 2.45) is 0 Å². The lowest BCUT2D eigenvalue weighted by atomic mass is 9.98. The third-order valence-electron chi connectivity index (χ3n) is 6.74. The number of aromatic nitrogens is 2. The molecule has 0 unspecified atom stereocenters. The molecular formula is C26H23ClN3O2P. The van der Waals surface area contributed by atoms with Crippen LogP contribution < -0.4 is 5.30 Å². The molecule has 0 saturated carbocycles. The molecule has 2 aliphatic heterocycles. The fourth-order valence-electron chi connectivity index (χ4n) is 5.09. The van der Waals surface area contributed by atoms with Gasteiger partial charge in [0.25, 0.3) is 5.91 Å². The molecule has 4 aromatic rings. The second-order valence-electron chi connectivity index (χ2n) is 9.08. The normalized spacial score (nSPS) is 21.2. The van der Waals surface area contributed by atoms with E-state index in [1.165, 1.54) is 0 Å². The van der Waals surface area contributed by atoms with Gasteiger partial charge in [0.2, 0.25) is 0 Å². The van der Waals surface area contributed by atoms with E-state index in [0.717, 1.165) is 32.4 Å². The van der Waals surface area contributed by atoms with Gasteiger partial charge in [-0.1, -0.05) is 48.0 Å². The number of carbonyl (C=O) groups excluding carboxylic acids is 1. The van der Waals surface area contributed by atoms with Gasteiger partial charge in [-0.05, 0) is 48.7 Å². The number of imidazole rings is 1. The molecular weight excluding hydrogens is 453 g/mol. The first-order chi connectivity index (χ1) is 16.9. The highest BCUT2D eigenvalue weighted by atomic mass is 35.5. The molecule has 0 saturated heterocycles. The van der Waals surface area contributed by atoms with Gasteiger partial charge in [-0.25, -0.2) is 4.98 Å². The molecule has 0 fully saturated rings. The quantitative estimate of drug-likeness (QED) is 0.346. The van der Waals surface area contributed by atoms with Gasteiger partial charge in [0.1, 0.15) is 13.0 Å². The lowest BCUT2D eigenvalue weighted by molar-refractivity contribution is 0.0734. The van der Waals surface area contributed by atoms with E-state index in [9.17, 15) is 9.36 Å². The Kier molecular flexibility index (Phi) is 3.76. The Morgan fingerprint density at radius 1 is 1.06 bits per heavy atom. The largest absolute Gasteiger partial charge is 0.331 e. The number of hydrogen-bond acceptors (Lipinski definition) is 3. The zero-order valence-electron chi connectivity index (χ0n) is 21.1. The third kappa shape index (κ3) is 3.03. The fourth-order valence-corrected chi connectivity index (χ4v) is 6.26. The SMILES string of the molecule is [2H]C([2H])([2H])N1C(=O)c2cccc(Cl)c2[C@H]2C[C@@H]1c1nc3ccc(-c4ccc(P(C)(C)=O)cc4)cc3n12. The summed E-state index contributed by atoms with van der Waals surface area (Å²) in [6.07, 6.45) is 0.389. The van der Waals surface area contributed by atoms with Gasteiger partial charge in [0.15, 0.2) is 0 Å². The average molecular weight is 479 g/mol. The first kappa shape index (κ1) is 17.6. The maximum Gasteiger partial charge on any atom is 0.254 e. The average Bonchev–Trinajstić information content (AvgIpc) is 3.30. The lowest BCUT2D eigenvalue weighted by Crippen LogP contribution is -2.30. The van der Waals surface area contributed by atoms with E-state index in [1.807, 2.05) is 47.0 Å². The van der Waals surface area contributed by atoms with Crippen molar-refractivity contribution in [1.82, 2.24) is 14.5 Å². The molecule has 6 rings (SSSR count). The highest BCUT2D eigenvalue weighted by Crippen LogP contribution is 2.49. The zero-order valence-corrected chi connectivity index (χ0v) is 19.8. The summed E-state index contributed by atoms with van der Waals surface area (Å²) in [6.45, 7) is 0.870. The Morgan fingerprint density at radius 2 is 1.82 bits per heavy atom. The molecule has 1 amide bonds. The number of benzene rings is 3. The number of rotatable bonds is 2. The van der Waals surface area contributed by atoms with Crippen LogP contribution in [-0.4, -0.2) is 40.7 Å². The van der Waals surface area contributed by atoms with Crippen LogP contribution in [0.25, 0.3) is 22.2 Å². The van der Waals surface area contributed by atoms with Crippen molar-refractivity contribution in [2.45, 2.75) is 18.5 Å². The summed E-state index contributed by atoms with van der Waals surface area (Å²) >= 11 is 6.63. The summed E-state index contributed by atoms with van der Waals surface area (Å²) in [5, 5.41) is 1.25. The molecule has 5 nitrogen and oxygen atoms in total. The Hall–Kier alpha value is -2.88. The molecule has 166 valence electrons. The molecule has 2 bridgehead atoms. The van der Waals surface area contributed by atoms with Crippen LogP contribution in [0.5, 0.6) is 0 Å². The van der Waals surface area contributed by atoms with Crippen LogP contribution in [0.15, 0.2) is 60.7 Å². The van der Waals surface area contributed by atoms with Crippen molar-refractivity contribution >= 4 is 41.0 Å². The molecule has 2 aliphatic rings. The summed E-state index contributed by atoms with van der Waals surface area (Å²) in [5.74, 6) is -0.00123. The zero-order chi connectivity index (χ0) is 25.6. The first-order valence-electron chi connectivity index (χ1n) is 12.2. The maximum atomic E-state index is 13.4. The molecule has 2 atom stereocenters. The minimum atomic E-state index is -2.63. The maximum absolute atomic E-state index is 13.4. The summed E-state index contributed by atoms with van der Waals surface area (Å²) in [6, 6.07) is 17.7. The standard InChI is InChI=1S/C26H23ClN3O2P/c1-29-23-14-22(24-18(26(29)31)5-4-6-19(24)27)30-21-13-16(9-12-20(21)28-25(23)30)15-7-10-17(11-8-15)33(2,3)32/h4-13,22-23H,14H2,1-3H3/t22-,23-/m1/s1/i1D3. The molecule has 0 radical (unpaired) electrons. The van der Waals surface area contributed by atoms with Crippen molar-refractivity contribution in [1.29, 1.82) is 0 Å². The van der Waals surface area contributed by atoms with Crippen molar-refractivity contribution in [2.75, 3.05) is 20.3 Å². The van der Waals surface area contributed by atoms with Crippen LogP contribution in [0.3, 0.4) is 0 Å². The number of carbonyl (C=O) groups is 1. The minimum Gasteiger partial charge on any atom is -0.331 e. The van der Waals surface area contributed by atoms with Crippen molar-refractivity contribution in [3.63, 3.8) is 0 Å².